The molecule has 4 rings (SSSR count). The van der Waals surface area contributed by atoms with Crippen LogP contribution in [0.5, 0.6) is 0 Å². The average Bonchev–Trinajstić information content (AvgIpc) is 2.85. The summed E-state index contributed by atoms with van der Waals surface area (Å²) in [4.78, 5) is 25.7. The summed E-state index contributed by atoms with van der Waals surface area (Å²) in [5, 5.41) is 3.20. The van der Waals surface area contributed by atoms with Gasteiger partial charge in [0, 0.05) is 19.0 Å². The van der Waals surface area contributed by atoms with Crippen molar-refractivity contribution in [2.75, 3.05) is 13.7 Å². The lowest BCUT2D eigenvalue weighted by Crippen LogP contribution is -2.59. The van der Waals surface area contributed by atoms with Crippen molar-refractivity contribution < 1.29 is 14.3 Å². The second-order valence-corrected chi connectivity index (χ2v) is 8.64. The molecule has 26 heavy (non-hydrogen) atoms. The minimum Gasteiger partial charge on any atom is -0.447 e. The van der Waals surface area contributed by atoms with E-state index < -0.39 is 0 Å². The van der Waals surface area contributed by atoms with E-state index in [1.807, 2.05) is 0 Å². The highest BCUT2D eigenvalue weighted by molar-refractivity contribution is 5.81. The fourth-order valence-corrected chi connectivity index (χ4v) is 4.50. The molecule has 0 radical (unpaired) electrons. The van der Waals surface area contributed by atoms with Crippen molar-refractivity contribution in [3.63, 3.8) is 0 Å². The fourth-order valence-electron chi connectivity index (χ4n) is 4.50. The Morgan fingerprint density at radius 2 is 1.88 bits per heavy atom. The van der Waals surface area contributed by atoms with Crippen LogP contribution in [0, 0.1) is 5.92 Å². The van der Waals surface area contributed by atoms with Crippen molar-refractivity contribution in [1.29, 1.82) is 0 Å². The number of hydrogen-bond donors (Lipinski definition) is 1. The molecule has 3 aliphatic rings. The summed E-state index contributed by atoms with van der Waals surface area (Å²) >= 11 is 0. The molecule has 1 aromatic rings. The monoisotopic (exact) mass is 356 g/mol. The smallest absolute Gasteiger partial charge is 0.410 e. The van der Waals surface area contributed by atoms with E-state index in [0.717, 1.165) is 12.8 Å². The number of amides is 2. The molecule has 0 unspecified atom stereocenters. The molecule has 2 aliphatic carbocycles. The second-order valence-electron chi connectivity index (χ2n) is 8.64. The molecule has 0 bridgehead atoms. The molecule has 1 aromatic carbocycles. The predicted molar refractivity (Wildman–Crippen MR) is 99.0 cm³/mol. The van der Waals surface area contributed by atoms with E-state index in [1.54, 1.807) is 11.9 Å². The largest absolute Gasteiger partial charge is 0.447 e. The predicted octanol–water partition coefficient (Wildman–Crippen LogP) is 3.40. The maximum absolute atomic E-state index is 12.5. The van der Waals surface area contributed by atoms with Gasteiger partial charge in [0.15, 0.2) is 0 Å². The molecule has 1 N–H and O–H groups in total. The topological polar surface area (TPSA) is 58.6 Å². The van der Waals surface area contributed by atoms with Gasteiger partial charge in [0.05, 0.1) is 5.54 Å². The van der Waals surface area contributed by atoms with Crippen LogP contribution in [0.4, 0.5) is 4.79 Å². The highest BCUT2D eigenvalue weighted by atomic mass is 16.6. The highest BCUT2D eigenvalue weighted by Crippen LogP contribution is 2.46. The Morgan fingerprint density at radius 1 is 1.23 bits per heavy atom. The molecule has 3 fully saturated rings. The van der Waals surface area contributed by atoms with Gasteiger partial charge in [-0.2, -0.15) is 0 Å². The van der Waals surface area contributed by atoms with Crippen LogP contribution in [-0.2, 0) is 9.53 Å². The first-order valence-electron chi connectivity index (χ1n) is 9.69. The third kappa shape index (κ3) is 2.87. The molecule has 1 spiro atoms. The average molecular weight is 356 g/mol. The van der Waals surface area contributed by atoms with E-state index in [9.17, 15) is 9.59 Å². The maximum atomic E-state index is 12.5. The number of cyclic esters (lactones) is 1. The number of likely N-dealkylation sites (N-methyl/N-ethyl adjacent to an activating group) is 1. The number of ether oxygens (including phenoxy) is 1. The van der Waals surface area contributed by atoms with E-state index in [4.69, 9.17) is 4.74 Å². The van der Waals surface area contributed by atoms with Gasteiger partial charge in [-0.05, 0) is 48.6 Å². The minimum absolute atomic E-state index is 0.0105. The molecular formula is C21H28N2O3. The Bertz CT molecular complexity index is 700. The Kier molecular flexibility index (Phi) is 4.20. The first-order chi connectivity index (χ1) is 12.4. The molecule has 1 saturated heterocycles. The number of nitrogens with zero attached hydrogens (tertiary/aromatic N) is 1. The highest BCUT2D eigenvalue weighted by Gasteiger charge is 2.56. The van der Waals surface area contributed by atoms with Crippen LogP contribution in [-0.4, -0.2) is 42.1 Å². The van der Waals surface area contributed by atoms with Crippen LogP contribution in [0.2, 0.25) is 0 Å². The number of benzene rings is 1. The van der Waals surface area contributed by atoms with Gasteiger partial charge < -0.3 is 15.0 Å². The number of carbonyl (C=O) groups excluding carboxylic acids is 2. The molecule has 2 saturated carbocycles. The SMILES string of the molecule is CC(C)c1ccc(C2CC(NC(=O)C3CC4(COC(=O)N4C)C3)C2)cc1. The van der Waals surface area contributed by atoms with Crippen molar-refractivity contribution in [2.24, 2.45) is 5.92 Å². The molecule has 140 valence electrons. The Balaban J connectivity index is 1.23. The molecule has 1 aliphatic heterocycles. The zero-order valence-electron chi connectivity index (χ0n) is 15.8. The van der Waals surface area contributed by atoms with Crippen molar-refractivity contribution in [3.05, 3.63) is 35.4 Å². The molecule has 0 atom stereocenters. The van der Waals surface area contributed by atoms with Crippen LogP contribution in [0.15, 0.2) is 24.3 Å². The quantitative estimate of drug-likeness (QED) is 0.899. The van der Waals surface area contributed by atoms with Gasteiger partial charge in [-0.3, -0.25) is 4.79 Å². The summed E-state index contributed by atoms with van der Waals surface area (Å²) in [7, 11) is 1.77. The summed E-state index contributed by atoms with van der Waals surface area (Å²) < 4.78 is 5.11. The third-order valence-corrected chi connectivity index (χ3v) is 6.63. The number of rotatable bonds is 4. The van der Waals surface area contributed by atoms with Crippen LogP contribution < -0.4 is 5.32 Å². The molecule has 0 aromatic heterocycles. The summed E-state index contributed by atoms with van der Waals surface area (Å²) in [6.45, 7) is 4.84. The third-order valence-electron chi connectivity index (χ3n) is 6.63. The van der Waals surface area contributed by atoms with E-state index in [2.05, 4.69) is 43.4 Å². The normalized spacial score (nSPS) is 33.0. The Labute approximate surface area is 155 Å². The van der Waals surface area contributed by atoms with Crippen molar-refractivity contribution >= 4 is 12.0 Å². The summed E-state index contributed by atoms with van der Waals surface area (Å²) in [6, 6.07) is 9.21. The van der Waals surface area contributed by atoms with Gasteiger partial charge in [-0.25, -0.2) is 4.79 Å². The summed E-state index contributed by atoms with van der Waals surface area (Å²) in [5.74, 6) is 1.27. The van der Waals surface area contributed by atoms with Crippen LogP contribution in [0.25, 0.3) is 0 Å². The molecule has 5 heteroatoms. The van der Waals surface area contributed by atoms with Gasteiger partial charge in [0.2, 0.25) is 5.91 Å². The number of hydrogen-bond acceptors (Lipinski definition) is 3. The molecular weight excluding hydrogens is 328 g/mol. The lowest BCUT2D eigenvalue weighted by Gasteiger charge is -2.47. The van der Waals surface area contributed by atoms with Crippen LogP contribution >= 0.6 is 0 Å². The van der Waals surface area contributed by atoms with Gasteiger partial charge in [0.25, 0.3) is 0 Å². The van der Waals surface area contributed by atoms with Gasteiger partial charge in [-0.1, -0.05) is 38.1 Å². The Hall–Kier alpha value is -2.04. The molecule has 1 heterocycles. The number of carbonyl (C=O) groups is 2. The maximum Gasteiger partial charge on any atom is 0.410 e. The Morgan fingerprint density at radius 3 is 2.42 bits per heavy atom. The van der Waals surface area contributed by atoms with E-state index in [1.165, 1.54) is 11.1 Å². The van der Waals surface area contributed by atoms with Crippen LogP contribution in [0.1, 0.15) is 62.5 Å². The van der Waals surface area contributed by atoms with E-state index in [-0.39, 0.29) is 29.5 Å². The van der Waals surface area contributed by atoms with Crippen LogP contribution in [0.3, 0.4) is 0 Å². The van der Waals surface area contributed by atoms with Crippen molar-refractivity contribution in [1.82, 2.24) is 10.2 Å². The molecule has 5 nitrogen and oxygen atoms in total. The lowest BCUT2D eigenvalue weighted by atomic mass is 9.67. The van der Waals surface area contributed by atoms with E-state index in [0.29, 0.717) is 31.3 Å². The first kappa shape index (κ1) is 17.4. The second kappa shape index (κ2) is 6.29. The summed E-state index contributed by atoms with van der Waals surface area (Å²) in [5.41, 5.74) is 2.52. The zero-order valence-corrected chi connectivity index (χ0v) is 15.8. The lowest BCUT2D eigenvalue weighted by molar-refractivity contribution is -0.133. The van der Waals surface area contributed by atoms with Gasteiger partial charge in [0.1, 0.15) is 6.61 Å². The number of nitrogens with one attached hydrogen (secondary N) is 1. The van der Waals surface area contributed by atoms with Crippen molar-refractivity contribution in [2.45, 2.75) is 62.9 Å². The standard InChI is InChI=1S/C21H28N2O3/c1-13(2)14-4-6-15(7-5-14)16-8-18(9-16)22-19(24)17-10-21(11-17)12-26-20(25)23(21)3/h4-7,13,16-18H,8-12H2,1-3H3,(H,22,24). The summed E-state index contributed by atoms with van der Waals surface area (Å²) in [6.07, 6.45) is 3.20. The minimum atomic E-state index is -0.269. The van der Waals surface area contributed by atoms with Crippen molar-refractivity contribution in [3.8, 4) is 0 Å². The fraction of sp³-hybridized carbons (Fsp3) is 0.619. The van der Waals surface area contributed by atoms with Gasteiger partial charge in [-0.15, -0.1) is 0 Å². The molecule has 2 amide bonds. The first-order valence-corrected chi connectivity index (χ1v) is 9.69. The zero-order chi connectivity index (χ0) is 18.5. The van der Waals surface area contributed by atoms with E-state index >= 15 is 0 Å². The van der Waals surface area contributed by atoms with Gasteiger partial charge >= 0.3 is 6.09 Å².